The average Bonchev–Trinajstić information content (AvgIpc) is 2.52. The van der Waals surface area contributed by atoms with Gasteiger partial charge in [-0.05, 0) is 52.9 Å². The van der Waals surface area contributed by atoms with E-state index in [0.717, 1.165) is 16.7 Å². The van der Waals surface area contributed by atoms with Crippen LogP contribution in [-0.2, 0) is 15.5 Å². The van der Waals surface area contributed by atoms with Crippen molar-refractivity contribution in [3.05, 3.63) is 52.8 Å². The molecule has 1 rings (SSSR count). The van der Waals surface area contributed by atoms with Gasteiger partial charge in [0, 0.05) is 0 Å². The number of aryl methyl sites for hydroxylation is 1. The molecule has 0 radical (unpaired) electrons. The van der Waals surface area contributed by atoms with Gasteiger partial charge in [0.2, 0.25) is 0 Å². The van der Waals surface area contributed by atoms with Gasteiger partial charge in [0.05, 0.1) is 0 Å². The smallest absolute Gasteiger partial charge is 0.392 e. The van der Waals surface area contributed by atoms with Crippen molar-refractivity contribution in [3.8, 4) is 5.75 Å². The Kier molecular flexibility index (Phi) is 8.14. The van der Waals surface area contributed by atoms with Gasteiger partial charge in [-0.1, -0.05) is 80.2 Å². The van der Waals surface area contributed by atoms with E-state index in [-0.39, 0.29) is 17.1 Å². The molecule has 1 aromatic carbocycles. The molecule has 3 nitrogen and oxygen atoms in total. The summed E-state index contributed by atoms with van der Waals surface area (Å²) in [5.41, 5.74) is 3.17. The molecule has 28 heavy (non-hydrogen) atoms. The van der Waals surface area contributed by atoms with E-state index < -0.39 is 7.91 Å². The normalized spacial score (nSPS) is 14.9. The minimum absolute atomic E-state index is 0.0313. The SMILES string of the molecule is C=C(OP(=O)(F)Oc1c(CC)cc(C(C)C)cc1C(C)C)/C(=C\C)C(C)(C)C. The fraction of sp³-hybridized carbons (Fsp3) is 0.565. The second kappa shape index (κ2) is 9.31. The predicted molar refractivity (Wildman–Crippen MR) is 117 cm³/mol. The quantitative estimate of drug-likeness (QED) is 0.245. The van der Waals surface area contributed by atoms with Gasteiger partial charge in [0.1, 0.15) is 11.5 Å². The van der Waals surface area contributed by atoms with E-state index in [9.17, 15) is 8.76 Å². The molecule has 0 spiro atoms. The molecule has 0 aromatic heterocycles. The standard InChI is InChI=1S/C23H36FO3P/c1-11-18-13-19(15(3)4)14-20(16(5)6)22(18)27-28(24,25)26-17(7)21(12-2)23(8,9)10/h12-16H,7,11H2,1-6,8-10H3/b21-12+. The molecule has 0 aliphatic carbocycles. The number of halogens is 1. The lowest BCUT2D eigenvalue weighted by Crippen LogP contribution is -2.12. The van der Waals surface area contributed by atoms with Crippen LogP contribution in [0.2, 0.25) is 0 Å². The zero-order chi connectivity index (χ0) is 21.9. The van der Waals surface area contributed by atoms with Crippen molar-refractivity contribution >= 4 is 7.91 Å². The van der Waals surface area contributed by atoms with Crippen LogP contribution in [0, 0.1) is 5.41 Å². The maximum atomic E-state index is 15.0. The summed E-state index contributed by atoms with van der Waals surface area (Å²) in [5, 5.41) is 0. The summed E-state index contributed by atoms with van der Waals surface area (Å²) in [4.78, 5) is 0. The van der Waals surface area contributed by atoms with Crippen LogP contribution in [0.4, 0.5) is 4.20 Å². The topological polar surface area (TPSA) is 35.5 Å². The molecular formula is C23H36FO3P. The van der Waals surface area contributed by atoms with Crippen molar-refractivity contribution < 1.29 is 17.8 Å². The molecule has 5 heteroatoms. The summed E-state index contributed by atoms with van der Waals surface area (Å²) in [7, 11) is -4.89. The summed E-state index contributed by atoms with van der Waals surface area (Å²) in [6, 6.07) is 4.00. The zero-order valence-electron chi connectivity index (χ0n) is 18.9. The van der Waals surface area contributed by atoms with Crippen LogP contribution in [0.5, 0.6) is 5.75 Å². The Hall–Kier alpha value is -1.54. The van der Waals surface area contributed by atoms with Crippen molar-refractivity contribution in [2.75, 3.05) is 0 Å². The summed E-state index contributed by atoms with van der Waals surface area (Å²) in [5.74, 6) is 0.763. The Bertz CT molecular complexity index is 786. The van der Waals surface area contributed by atoms with E-state index in [1.165, 1.54) is 0 Å². The molecule has 1 atom stereocenters. The second-order valence-corrected chi connectivity index (χ2v) is 9.98. The molecular weight excluding hydrogens is 374 g/mol. The number of hydrogen-bond donors (Lipinski definition) is 0. The monoisotopic (exact) mass is 410 g/mol. The van der Waals surface area contributed by atoms with Crippen LogP contribution in [0.15, 0.2) is 36.1 Å². The Balaban J connectivity index is 3.31. The Labute approximate surface area is 170 Å². The minimum Gasteiger partial charge on any atom is -0.392 e. The van der Waals surface area contributed by atoms with E-state index in [1.807, 2.05) is 60.6 Å². The average molecular weight is 411 g/mol. The van der Waals surface area contributed by atoms with E-state index >= 15 is 0 Å². The highest BCUT2D eigenvalue weighted by Gasteiger charge is 2.34. The summed E-state index contributed by atoms with van der Waals surface area (Å²) in [6.07, 6.45) is 2.43. The lowest BCUT2D eigenvalue weighted by atomic mass is 9.85. The molecule has 1 aromatic rings. The number of allylic oxidation sites excluding steroid dienone is 2. The predicted octanol–water partition coefficient (Wildman–Crippen LogP) is 8.47. The largest absolute Gasteiger partial charge is 0.628 e. The van der Waals surface area contributed by atoms with Gasteiger partial charge in [-0.2, -0.15) is 0 Å². The number of rotatable bonds is 8. The highest BCUT2D eigenvalue weighted by Crippen LogP contribution is 2.55. The van der Waals surface area contributed by atoms with Crippen molar-refractivity contribution in [1.29, 1.82) is 0 Å². The van der Waals surface area contributed by atoms with E-state index in [1.54, 1.807) is 6.08 Å². The molecule has 158 valence electrons. The Morgan fingerprint density at radius 3 is 2.18 bits per heavy atom. The molecule has 0 saturated heterocycles. The van der Waals surface area contributed by atoms with Gasteiger partial charge in [0.15, 0.2) is 0 Å². The third kappa shape index (κ3) is 6.24. The van der Waals surface area contributed by atoms with Crippen LogP contribution in [0.1, 0.15) is 90.8 Å². The molecule has 0 N–H and O–H groups in total. The molecule has 0 bridgehead atoms. The third-order valence-corrected chi connectivity index (χ3v) is 5.54. The van der Waals surface area contributed by atoms with Gasteiger partial charge in [0.25, 0.3) is 0 Å². The second-order valence-electron chi connectivity index (χ2n) is 8.75. The highest BCUT2D eigenvalue weighted by molar-refractivity contribution is 7.48. The first kappa shape index (κ1) is 24.5. The lowest BCUT2D eigenvalue weighted by molar-refractivity contribution is 0.282. The summed E-state index contributed by atoms with van der Waals surface area (Å²) >= 11 is 0. The maximum absolute atomic E-state index is 15.0. The van der Waals surface area contributed by atoms with Crippen molar-refractivity contribution in [3.63, 3.8) is 0 Å². The van der Waals surface area contributed by atoms with Crippen molar-refractivity contribution in [1.82, 2.24) is 0 Å². The van der Waals surface area contributed by atoms with Crippen molar-refractivity contribution in [2.45, 2.75) is 80.6 Å². The fourth-order valence-electron chi connectivity index (χ4n) is 3.20. The maximum Gasteiger partial charge on any atom is 0.628 e. The summed E-state index contributed by atoms with van der Waals surface area (Å²) < 4.78 is 38.1. The molecule has 1 unspecified atom stereocenters. The molecule has 0 aliphatic heterocycles. The number of benzene rings is 1. The highest BCUT2D eigenvalue weighted by atomic mass is 31.2. The van der Waals surface area contributed by atoms with Crippen LogP contribution in [-0.4, -0.2) is 0 Å². The molecule has 0 aliphatic rings. The zero-order valence-corrected chi connectivity index (χ0v) is 19.7. The third-order valence-electron chi connectivity index (χ3n) is 4.70. The summed E-state index contributed by atoms with van der Waals surface area (Å²) in [6.45, 7) is 21.7. The first-order valence-electron chi connectivity index (χ1n) is 9.95. The van der Waals surface area contributed by atoms with Crippen LogP contribution < -0.4 is 4.52 Å². The first-order chi connectivity index (χ1) is 12.7. The van der Waals surface area contributed by atoms with Crippen LogP contribution >= 0.6 is 7.91 Å². The molecule has 0 amide bonds. The fourth-order valence-corrected chi connectivity index (χ4v) is 4.04. The Morgan fingerprint density at radius 1 is 1.21 bits per heavy atom. The van der Waals surface area contributed by atoms with Gasteiger partial charge >= 0.3 is 7.91 Å². The van der Waals surface area contributed by atoms with Gasteiger partial charge in [-0.25, -0.2) is 4.57 Å². The van der Waals surface area contributed by atoms with E-state index in [2.05, 4.69) is 20.4 Å². The van der Waals surface area contributed by atoms with E-state index in [4.69, 9.17) is 9.05 Å². The Morgan fingerprint density at radius 2 is 1.79 bits per heavy atom. The minimum atomic E-state index is -4.89. The van der Waals surface area contributed by atoms with Crippen LogP contribution in [0.3, 0.4) is 0 Å². The van der Waals surface area contributed by atoms with Gasteiger partial charge in [-0.3, -0.25) is 0 Å². The lowest BCUT2D eigenvalue weighted by Gasteiger charge is -2.26. The van der Waals surface area contributed by atoms with E-state index in [0.29, 0.717) is 23.7 Å². The molecule has 0 fully saturated rings. The number of hydrogen-bond acceptors (Lipinski definition) is 3. The molecule has 0 heterocycles. The van der Waals surface area contributed by atoms with Gasteiger partial charge < -0.3 is 9.05 Å². The molecule has 0 saturated carbocycles. The van der Waals surface area contributed by atoms with Crippen LogP contribution in [0.25, 0.3) is 0 Å². The first-order valence-corrected chi connectivity index (χ1v) is 11.4. The van der Waals surface area contributed by atoms with Gasteiger partial charge in [-0.15, -0.1) is 4.20 Å². The van der Waals surface area contributed by atoms with Crippen molar-refractivity contribution in [2.24, 2.45) is 5.41 Å².